The number of pyridine rings is 1. The second-order valence-corrected chi connectivity index (χ2v) is 15.0. The molecule has 1 fully saturated rings. The highest BCUT2D eigenvalue weighted by atomic mass is 32.2. The Morgan fingerprint density at radius 1 is 0.896 bits per heavy atom. The average molecular weight is 666 g/mol. The summed E-state index contributed by atoms with van der Waals surface area (Å²) in [5.41, 5.74) is 2.18. The quantitative estimate of drug-likeness (QED) is 0.171. The molecule has 48 heavy (non-hydrogen) atoms. The lowest BCUT2D eigenvalue weighted by atomic mass is 10.0. The number of anilines is 1. The molecule has 0 radical (unpaired) electrons. The van der Waals surface area contributed by atoms with Gasteiger partial charge in [-0.3, -0.25) is 0 Å². The van der Waals surface area contributed by atoms with Gasteiger partial charge in [0.1, 0.15) is 11.4 Å². The molecule has 0 saturated carbocycles. The molecule has 1 aliphatic heterocycles. The van der Waals surface area contributed by atoms with Crippen molar-refractivity contribution in [3.8, 4) is 22.9 Å². The van der Waals surface area contributed by atoms with E-state index >= 15 is 0 Å². The molecule has 1 amide bonds. The topological polar surface area (TPSA) is 124 Å². The van der Waals surface area contributed by atoms with Crippen molar-refractivity contribution in [1.82, 2.24) is 19.9 Å². The summed E-state index contributed by atoms with van der Waals surface area (Å²) in [6.07, 6.45) is 4.71. The second kappa shape index (κ2) is 14.0. The van der Waals surface area contributed by atoms with Crippen LogP contribution in [0.3, 0.4) is 0 Å². The number of aromatic nitrogens is 3. The molecule has 11 heteroatoms. The normalized spacial score (nSPS) is 15.2. The molecule has 1 N–H and O–H groups in total. The lowest BCUT2D eigenvalue weighted by Crippen LogP contribution is -2.47. The number of amides is 1. The third-order valence-corrected chi connectivity index (χ3v) is 9.42. The van der Waals surface area contributed by atoms with Crippen LogP contribution >= 0.6 is 0 Å². The van der Waals surface area contributed by atoms with Gasteiger partial charge in [0.05, 0.1) is 22.8 Å². The molecule has 3 aromatic carbocycles. The SMILES string of the molecule is CC(C)(C)OC(=O)N1CCC[C@H](Nc2nccc(-c3cccnc3Oc3cccc4c(CS(=O)(=O)Cc5ccccc5)cccc34)n2)C1. The number of carbonyl (C=O) groups is 1. The van der Waals surface area contributed by atoms with Crippen molar-refractivity contribution >= 4 is 32.7 Å². The van der Waals surface area contributed by atoms with Gasteiger partial charge in [0.25, 0.3) is 0 Å². The van der Waals surface area contributed by atoms with E-state index in [1.807, 2.05) is 99.6 Å². The molecular weight excluding hydrogens is 627 g/mol. The minimum absolute atomic E-state index is 0.0315. The number of hydrogen-bond acceptors (Lipinski definition) is 9. The molecule has 1 atom stereocenters. The van der Waals surface area contributed by atoms with E-state index in [2.05, 4.69) is 15.3 Å². The van der Waals surface area contributed by atoms with Gasteiger partial charge in [0, 0.05) is 36.9 Å². The van der Waals surface area contributed by atoms with Crippen LogP contribution < -0.4 is 10.1 Å². The van der Waals surface area contributed by atoms with Crippen LogP contribution in [0.25, 0.3) is 22.0 Å². The van der Waals surface area contributed by atoms with E-state index in [0.29, 0.717) is 47.5 Å². The van der Waals surface area contributed by atoms with Gasteiger partial charge in [-0.25, -0.2) is 28.2 Å². The van der Waals surface area contributed by atoms with Crippen LogP contribution in [-0.2, 0) is 26.1 Å². The first-order valence-electron chi connectivity index (χ1n) is 16.0. The van der Waals surface area contributed by atoms with Crippen molar-refractivity contribution in [1.29, 1.82) is 0 Å². The summed E-state index contributed by atoms with van der Waals surface area (Å²) in [5, 5.41) is 4.96. The predicted molar refractivity (Wildman–Crippen MR) is 187 cm³/mol. The molecule has 1 aliphatic rings. The summed E-state index contributed by atoms with van der Waals surface area (Å²) < 4.78 is 38.3. The van der Waals surface area contributed by atoms with Crippen LogP contribution in [0.15, 0.2) is 97.3 Å². The Bertz CT molecular complexity index is 2010. The number of ether oxygens (including phenoxy) is 2. The highest BCUT2D eigenvalue weighted by Gasteiger charge is 2.28. The van der Waals surface area contributed by atoms with Gasteiger partial charge >= 0.3 is 6.09 Å². The number of hydrogen-bond donors (Lipinski definition) is 1. The van der Waals surface area contributed by atoms with E-state index in [0.717, 1.165) is 29.2 Å². The highest BCUT2D eigenvalue weighted by Crippen LogP contribution is 2.36. The van der Waals surface area contributed by atoms with Crippen molar-refractivity contribution < 1.29 is 22.7 Å². The Morgan fingerprint density at radius 2 is 1.69 bits per heavy atom. The smallest absolute Gasteiger partial charge is 0.410 e. The summed E-state index contributed by atoms with van der Waals surface area (Å²) >= 11 is 0. The summed E-state index contributed by atoms with van der Waals surface area (Å²) in [7, 11) is -3.42. The maximum atomic E-state index is 13.2. The molecule has 0 unspecified atom stereocenters. The van der Waals surface area contributed by atoms with Crippen LogP contribution in [0.1, 0.15) is 44.7 Å². The largest absolute Gasteiger partial charge is 0.444 e. The second-order valence-electron chi connectivity index (χ2n) is 12.9. The summed E-state index contributed by atoms with van der Waals surface area (Å²) in [4.78, 5) is 28.1. The lowest BCUT2D eigenvalue weighted by molar-refractivity contribution is 0.0206. The molecule has 10 nitrogen and oxygen atoms in total. The first kappa shape index (κ1) is 32.9. The maximum absolute atomic E-state index is 13.2. The van der Waals surface area contributed by atoms with E-state index in [9.17, 15) is 13.2 Å². The van der Waals surface area contributed by atoms with Crippen LogP contribution in [-0.4, -0.2) is 59.1 Å². The summed E-state index contributed by atoms with van der Waals surface area (Å²) in [6.45, 7) is 6.71. The number of carbonyl (C=O) groups excluding carboxylic acids is 1. The fourth-order valence-electron chi connectivity index (χ4n) is 5.80. The predicted octanol–water partition coefficient (Wildman–Crippen LogP) is 7.41. The molecule has 1 saturated heterocycles. The summed E-state index contributed by atoms with van der Waals surface area (Å²) in [6, 6.07) is 25.9. The zero-order valence-corrected chi connectivity index (χ0v) is 28.1. The molecular formula is C37H39N5O5S. The standard InChI is InChI=1S/C37H39N5O5S/c1-37(2,3)47-36(43)42-22-10-14-28(23-42)40-35-39-21-19-32(41-35)31-17-9-20-38-34(31)46-33-18-8-15-29-27(13-7-16-30(29)33)25-48(44,45)24-26-11-5-4-6-12-26/h4-9,11-13,15-21,28H,10,14,22-25H2,1-3H3,(H,39,40,41)/t28-/m0/s1. The summed E-state index contributed by atoms with van der Waals surface area (Å²) in [5.74, 6) is 1.21. The Labute approximate surface area is 281 Å². The molecule has 5 aromatic rings. The minimum Gasteiger partial charge on any atom is -0.444 e. The fraction of sp³-hybridized carbons (Fsp3) is 0.297. The van der Waals surface area contributed by atoms with Crippen LogP contribution in [0.5, 0.6) is 11.6 Å². The number of piperidine rings is 1. The average Bonchev–Trinajstić information content (AvgIpc) is 3.05. The van der Waals surface area contributed by atoms with E-state index in [1.54, 1.807) is 23.4 Å². The minimum atomic E-state index is -3.42. The van der Waals surface area contributed by atoms with Crippen molar-refractivity contribution in [2.45, 2.75) is 56.8 Å². The number of nitrogens with zero attached hydrogens (tertiary/aromatic N) is 4. The molecule has 0 aliphatic carbocycles. The Kier molecular flexibility index (Phi) is 9.58. The van der Waals surface area contributed by atoms with Crippen molar-refractivity contribution in [3.05, 3.63) is 108 Å². The fourth-order valence-corrected chi connectivity index (χ4v) is 7.32. The number of rotatable bonds is 9. The van der Waals surface area contributed by atoms with E-state index in [-0.39, 0.29) is 23.6 Å². The third-order valence-electron chi connectivity index (χ3n) is 7.89. The van der Waals surface area contributed by atoms with Crippen LogP contribution in [0.4, 0.5) is 10.7 Å². The first-order chi connectivity index (χ1) is 23.0. The van der Waals surface area contributed by atoms with Gasteiger partial charge < -0.3 is 19.7 Å². The Morgan fingerprint density at radius 3 is 2.50 bits per heavy atom. The van der Waals surface area contributed by atoms with E-state index < -0.39 is 15.4 Å². The molecule has 0 bridgehead atoms. The maximum Gasteiger partial charge on any atom is 0.410 e. The van der Waals surface area contributed by atoms with Crippen molar-refractivity contribution in [2.24, 2.45) is 0 Å². The van der Waals surface area contributed by atoms with Crippen LogP contribution in [0, 0.1) is 0 Å². The van der Waals surface area contributed by atoms with Gasteiger partial charge in [-0.1, -0.05) is 60.7 Å². The monoisotopic (exact) mass is 665 g/mol. The number of benzene rings is 3. The van der Waals surface area contributed by atoms with Crippen LogP contribution in [0.2, 0.25) is 0 Å². The Hall–Kier alpha value is -5.03. The molecule has 3 heterocycles. The van der Waals surface area contributed by atoms with Gasteiger partial charge in [-0.15, -0.1) is 0 Å². The number of nitrogens with one attached hydrogen (secondary N) is 1. The van der Waals surface area contributed by atoms with E-state index in [1.165, 1.54) is 0 Å². The zero-order valence-electron chi connectivity index (χ0n) is 27.3. The molecule has 0 spiro atoms. The lowest BCUT2D eigenvalue weighted by Gasteiger charge is -2.34. The van der Waals surface area contributed by atoms with E-state index in [4.69, 9.17) is 14.5 Å². The molecule has 2 aromatic heterocycles. The Balaban J connectivity index is 1.21. The van der Waals surface area contributed by atoms with Gasteiger partial charge in [0.15, 0.2) is 9.84 Å². The highest BCUT2D eigenvalue weighted by molar-refractivity contribution is 7.89. The molecule has 6 rings (SSSR count). The van der Waals surface area contributed by atoms with Crippen molar-refractivity contribution in [3.63, 3.8) is 0 Å². The first-order valence-corrected chi connectivity index (χ1v) is 17.8. The third kappa shape index (κ3) is 8.27. The number of fused-ring (bicyclic) bond motifs is 1. The zero-order chi connectivity index (χ0) is 33.7. The van der Waals surface area contributed by atoms with Gasteiger partial charge in [-0.2, -0.15) is 0 Å². The van der Waals surface area contributed by atoms with Gasteiger partial charge in [-0.05, 0) is 74.4 Å². The van der Waals surface area contributed by atoms with Crippen molar-refractivity contribution in [2.75, 3.05) is 18.4 Å². The van der Waals surface area contributed by atoms with Gasteiger partial charge in [0.2, 0.25) is 11.8 Å². The number of sulfone groups is 1. The molecule has 248 valence electrons. The number of likely N-dealkylation sites (tertiary alicyclic amines) is 1.